The summed E-state index contributed by atoms with van der Waals surface area (Å²) in [4.78, 5) is 34.8. The zero-order valence-electron chi connectivity index (χ0n) is 14.6. The Balaban J connectivity index is 2.26. The summed E-state index contributed by atoms with van der Waals surface area (Å²) in [6.45, 7) is 7.52. The van der Waals surface area contributed by atoms with Crippen molar-refractivity contribution in [1.82, 2.24) is 5.32 Å². The minimum Gasteiger partial charge on any atom is -0.466 e. The fourth-order valence-corrected chi connectivity index (χ4v) is 2.75. The SMILES string of the molecule is CCOC(=O)CC(=O)CC1CCC(NC(=O)OC(C)(C)C)CC1. The third-order valence-corrected chi connectivity index (χ3v) is 3.73. The minimum absolute atomic E-state index is 0.0630. The molecule has 1 saturated carbocycles. The molecule has 0 radical (unpaired) electrons. The Morgan fingerprint density at radius 2 is 1.70 bits per heavy atom. The van der Waals surface area contributed by atoms with Gasteiger partial charge in [-0.2, -0.15) is 0 Å². The lowest BCUT2D eigenvalue weighted by Gasteiger charge is -2.29. The van der Waals surface area contributed by atoms with Crippen molar-refractivity contribution in [2.75, 3.05) is 6.61 Å². The highest BCUT2D eigenvalue weighted by molar-refractivity contribution is 5.95. The predicted molar refractivity (Wildman–Crippen MR) is 86.0 cm³/mol. The number of amides is 1. The number of carbonyl (C=O) groups is 3. The number of carbonyl (C=O) groups excluding carboxylic acids is 3. The molecule has 1 fully saturated rings. The molecular weight excluding hydrogens is 298 g/mol. The van der Waals surface area contributed by atoms with E-state index < -0.39 is 11.6 Å². The molecule has 1 rings (SSSR count). The molecule has 0 spiro atoms. The van der Waals surface area contributed by atoms with Crippen molar-refractivity contribution in [3.05, 3.63) is 0 Å². The maximum Gasteiger partial charge on any atom is 0.407 e. The van der Waals surface area contributed by atoms with E-state index in [1.807, 2.05) is 20.8 Å². The summed E-state index contributed by atoms with van der Waals surface area (Å²) in [5.74, 6) is -0.224. The second kappa shape index (κ2) is 8.89. The van der Waals surface area contributed by atoms with Crippen LogP contribution in [0.15, 0.2) is 0 Å². The van der Waals surface area contributed by atoms with Gasteiger partial charge >= 0.3 is 12.1 Å². The van der Waals surface area contributed by atoms with Crippen LogP contribution in [0.2, 0.25) is 0 Å². The maximum atomic E-state index is 11.8. The normalized spacial score (nSPS) is 21.4. The number of alkyl carbamates (subject to hydrolysis) is 1. The number of nitrogens with one attached hydrogen (secondary N) is 1. The second-order valence-corrected chi connectivity index (χ2v) is 7.09. The zero-order valence-corrected chi connectivity index (χ0v) is 14.6. The van der Waals surface area contributed by atoms with Gasteiger partial charge in [-0.15, -0.1) is 0 Å². The van der Waals surface area contributed by atoms with Crippen LogP contribution in [0.3, 0.4) is 0 Å². The molecular formula is C17H29NO5. The van der Waals surface area contributed by atoms with Crippen molar-refractivity contribution in [3.8, 4) is 0 Å². The molecule has 0 heterocycles. The van der Waals surface area contributed by atoms with Crippen LogP contribution in [0, 0.1) is 5.92 Å². The van der Waals surface area contributed by atoms with Gasteiger partial charge in [-0.25, -0.2) is 4.79 Å². The van der Waals surface area contributed by atoms with Gasteiger partial charge in [0.05, 0.1) is 6.61 Å². The van der Waals surface area contributed by atoms with Gasteiger partial charge in [0.1, 0.15) is 17.8 Å². The molecule has 0 aromatic carbocycles. The van der Waals surface area contributed by atoms with Crippen LogP contribution in [-0.4, -0.2) is 36.1 Å². The van der Waals surface area contributed by atoms with Crippen LogP contribution in [0.5, 0.6) is 0 Å². The van der Waals surface area contributed by atoms with Crippen LogP contribution >= 0.6 is 0 Å². The van der Waals surface area contributed by atoms with Crippen LogP contribution < -0.4 is 5.32 Å². The number of hydrogen-bond acceptors (Lipinski definition) is 5. The first-order chi connectivity index (χ1) is 10.7. The molecule has 1 amide bonds. The number of esters is 1. The second-order valence-electron chi connectivity index (χ2n) is 7.09. The van der Waals surface area contributed by atoms with E-state index in [0.717, 1.165) is 25.7 Å². The number of ketones is 1. The molecule has 6 nitrogen and oxygen atoms in total. The molecule has 0 aromatic rings. The van der Waals surface area contributed by atoms with E-state index in [-0.39, 0.29) is 30.3 Å². The highest BCUT2D eigenvalue weighted by Gasteiger charge is 2.26. The lowest BCUT2D eigenvalue weighted by molar-refractivity contribution is -0.145. The fraction of sp³-hybridized carbons (Fsp3) is 0.824. The van der Waals surface area contributed by atoms with Crippen LogP contribution in [0.4, 0.5) is 4.79 Å². The summed E-state index contributed by atoms with van der Waals surface area (Å²) in [7, 11) is 0. The largest absolute Gasteiger partial charge is 0.466 e. The standard InChI is InChI=1S/C17H29NO5/c1-5-22-15(20)11-14(19)10-12-6-8-13(9-7-12)18-16(21)23-17(2,3)4/h12-13H,5-11H2,1-4H3,(H,18,21). The summed E-state index contributed by atoms with van der Waals surface area (Å²) < 4.78 is 10.0. The van der Waals surface area contributed by atoms with Crippen LogP contribution in [-0.2, 0) is 19.1 Å². The van der Waals surface area contributed by atoms with Gasteiger partial charge < -0.3 is 14.8 Å². The highest BCUT2D eigenvalue weighted by atomic mass is 16.6. The number of hydrogen-bond donors (Lipinski definition) is 1. The molecule has 0 aromatic heterocycles. The Bertz CT molecular complexity index is 419. The average molecular weight is 327 g/mol. The minimum atomic E-state index is -0.499. The van der Waals surface area contributed by atoms with E-state index >= 15 is 0 Å². The van der Waals surface area contributed by atoms with Gasteiger partial charge in [0.15, 0.2) is 0 Å². The lowest BCUT2D eigenvalue weighted by atomic mass is 9.83. The summed E-state index contributed by atoms with van der Waals surface area (Å²) in [5, 5.41) is 2.88. The molecule has 1 aliphatic rings. The summed E-state index contributed by atoms with van der Waals surface area (Å²) >= 11 is 0. The topological polar surface area (TPSA) is 81.7 Å². The van der Waals surface area contributed by atoms with Crippen molar-refractivity contribution < 1.29 is 23.9 Å². The first-order valence-electron chi connectivity index (χ1n) is 8.36. The van der Waals surface area contributed by atoms with E-state index in [0.29, 0.717) is 13.0 Å². The Morgan fingerprint density at radius 1 is 1.09 bits per heavy atom. The molecule has 1 N–H and O–H groups in total. The maximum absolute atomic E-state index is 11.8. The number of ether oxygens (including phenoxy) is 2. The third-order valence-electron chi connectivity index (χ3n) is 3.73. The molecule has 0 bridgehead atoms. The van der Waals surface area contributed by atoms with E-state index in [9.17, 15) is 14.4 Å². The van der Waals surface area contributed by atoms with Gasteiger partial charge in [0.2, 0.25) is 0 Å². The molecule has 0 atom stereocenters. The molecule has 23 heavy (non-hydrogen) atoms. The van der Waals surface area contributed by atoms with E-state index in [2.05, 4.69) is 5.32 Å². The monoisotopic (exact) mass is 327 g/mol. The first-order valence-corrected chi connectivity index (χ1v) is 8.36. The third kappa shape index (κ3) is 8.57. The summed E-state index contributed by atoms with van der Waals surface area (Å²) in [5.41, 5.74) is -0.499. The molecule has 0 unspecified atom stereocenters. The van der Waals surface area contributed by atoms with Crippen molar-refractivity contribution in [2.24, 2.45) is 5.92 Å². The fourth-order valence-electron chi connectivity index (χ4n) is 2.75. The quantitative estimate of drug-likeness (QED) is 0.599. The zero-order chi connectivity index (χ0) is 17.5. The average Bonchev–Trinajstić information content (AvgIpc) is 2.38. The molecule has 1 aliphatic carbocycles. The molecule has 0 aliphatic heterocycles. The van der Waals surface area contributed by atoms with Gasteiger partial charge in [-0.3, -0.25) is 9.59 Å². The van der Waals surface area contributed by atoms with Gasteiger partial charge in [-0.05, 0) is 59.3 Å². The van der Waals surface area contributed by atoms with Crippen LogP contribution in [0.1, 0.15) is 66.2 Å². The Morgan fingerprint density at radius 3 is 2.22 bits per heavy atom. The number of rotatable bonds is 6. The van der Waals surface area contributed by atoms with Gasteiger partial charge in [0.25, 0.3) is 0 Å². The Hall–Kier alpha value is -1.59. The van der Waals surface area contributed by atoms with Crippen molar-refractivity contribution in [2.45, 2.75) is 77.9 Å². The Labute approximate surface area is 138 Å². The number of Topliss-reactive ketones (excluding diaryl/α,β-unsaturated/α-hetero) is 1. The lowest BCUT2D eigenvalue weighted by Crippen LogP contribution is -2.41. The van der Waals surface area contributed by atoms with Crippen molar-refractivity contribution >= 4 is 17.8 Å². The molecule has 132 valence electrons. The first kappa shape index (κ1) is 19.5. The predicted octanol–water partition coefficient (Wildman–Crippen LogP) is 2.98. The molecule has 0 saturated heterocycles. The van der Waals surface area contributed by atoms with E-state index in [1.165, 1.54) is 0 Å². The van der Waals surface area contributed by atoms with Crippen molar-refractivity contribution in [3.63, 3.8) is 0 Å². The van der Waals surface area contributed by atoms with Crippen LogP contribution in [0.25, 0.3) is 0 Å². The van der Waals surface area contributed by atoms with E-state index in [4.69, 9.17) is 9.47 Å². The van der Waals surface area contributed by atoms with Crippen molar-refractivity contribution in [1.29, 1.82) is 0 Å². The van der Waals surface area contributed by atoms with Gasteiger partial charge in [-0.1, -0.05) is 0 Å². The van der Waals surface area contributed by atoms with Gasteiger partial charge in [0, 0.05) is 12.5 Å². The highest BCUT2D eigenvalue weighted by Crippen LogP contribution is 2.27. The summed E-state index contributed by atoms with van der Waals surface area (Å²) in [6.07, 6.45) is 3.29. The van der Waals surface area contributed by atoms with E-state index in [1.54, 1.807) is 6.92 Å². The summed E-state index contributed by atoms with van der Waals surface area (Å²) in [6, 6.07) is 0.0984. The molecule has 6 heteroatoms. The Kier molecular flexibility index (Phi) is 7.52. The smallest absolute Gasteiger partial charge is 0.407 e.